The highest BCUT2D eigenvalue weighted by atomic mass is 15.2. The van der Waals surface area contributed by atoms with E-state index in [4.69, 9.17) is 0 Å². The fraction of sp³-hybridized carbons (Fsp3) is 0.929. The summed E-state index contributed by atoms with van der Waals surface area (Å²) in [7, 11) is 4.12. The SMILES string of the molecule is CC(C)CN1CCC(C#N)(NCCN(C)C)CC1. The van der Waals surface area contributed by atoms with Gasteiger partial charge in [0.05, 0.1) is 6.07 Å². The van der Waals surface area contributed by atoms with Crippen molar-refractivity contribution in [3.05, 3.63) is 0 Å². The molecule has 0 aromatic carbocycles. The number of likely N-dealkylation sites (N-methyl/N-ethyl adjacent to an activating group) is 1. The van der Waals surface area contributed by atoms with Crippen molar-refractivity contribution in [2.45, 2.75) is 32.2 Å². The molecule has 0 amide bonds. The zero-order chi connectivity index (χ0) is 13.6. The van der Waals surface area contributed by atoms with Crippen LogP contribution in [-0.2, 0) is 0 Å². The van der Waals surface area contributed by atoms with E-state index in [1.54, 1.807) is 0 Å². The first-order valence-electron chi connectivity index (χ1n) is 7.01. The van der Waals surface area contributed by atoms with Gasteiger partial charge in [-0.15, -0.1) is 0 Å². The Morgan fingerprint density at radius 2 is 1.94 bits per heavy atom. The maximum absolute atomic E-state index is 9.43. The molecule has 104 valence electrons. The molecular weight excluding hydrogens is 224 g/mol. The van der Waals surface area contributed by atoms with Gasteiger partial charge < -0.3 is 9.80 Å². The van der Waals surface area contributed by atoms with Crippen LogP contribution in [0.3, 0.4) is 0 Å². The van der Waals surface area contributed by atoms with E-state index >= 15 is 0 Å². The van der Waals surface area contributed by atoms with Crippen LogP contribution in [0.2, 0.25) is 0 Å². The Morgan fingerprint density at radius 1 is 1.33 bits per heavy atom. The summed E-state index contributed by atoms with van der Waals surface area (Å²) in [6, 6.07) is 2.51. The van der Waals surface area contributed by atoms with Gasteiger partial charge in [0.2, 0.25) is 0 Å². The summed E-state index contributed by atoms with van der Waals surface area (Å²) in [6.07, 6.45) is 1.90. The van der Waals surface area contributed by atoms with Crippen LogP contribution >= 0.6 is 0 Å². The Kier molecular flexibility index (Phi) is 6.07. The zero-order valence-electron chi connectivity index (χ0n) is 12.4. The molecule has 18 heavy (non-hydrogen) atoms. The smallest absolute Gasteiger partial charge is 0.109 e. The number of nitriles is 1. The van der Waals surface area contributed by atoms with Gasteiger partial charge in [0.25, 0.3) is 0 Å². The Hall–Kier alpha value is -0.630. The molecular formula is C14H28N4. The molecule has 1 rings (SSSR count). The molecule has 0 atom stereocenters. The average molecular weight is 252 g/mol. The second kappa shape index (κ2) is 7.08. The van der Waals surface area contributed by atoms with Crippen molar-refractivity contribution in [1.82, 2.24) is 15.1 Å². The molecule has 0 spiro atoms. The minimum absolute atomic E-state index is 0.288. The predicted octanol–water partition coefficient (Wildman–Crippen LogP) is 1.15. The van der Waals surface area contributed by atoms with Crippen molar-refractivity contribution in [2.75, 3.05) is 46.8 Å². The Labute approximate surface area is 112 Å². The molecule has 0 radical (unpaired) electrons. The van der Waals surface area contributed by atoms with Crippen LogP contribution in [-0.4, -0.2) is 62.2 Å². The predicted molar refractivity (Wildman–Crippen MR) is 75.4 cm³/mol. The quantitative estimate of drug-likeness (QED) is 0.770. The standard InChI is InChI=1S/C14H28N4/c1-13(2)11-18-8-5-14(12-15,6-9-18)16-7-10-17(3)4/h13,16H,5-11H2,1-4H3. The van der Waals surface area contributed by atoms with Crippen molar-refractivity contribution in [3.8, 4) is 6.07 Å². The number of rotatable bonds is 6. The fourth-order valence-electron chi connectivity index (χ4n) is 2.48. The van der Waals surface area contributed by atoms with E-state index in [1.165, 1.54) is 0 Å². The molecule has 1 saturated heterocycles. The molecule has 1 fully saturated rings. The van der Waals surface area contributed by atoms with E-state index < -0.39 is 0 Å². The Bertz CT molecular complexity index is 272. The number of piperidine rings is 1. The van der Waals surface area contributed by atoms with Crippen LogP contribution < -0.4 is 5.32 Å². The van der Waals surface area contributed by atoms with Gasteiger partial charge in [-0.05, 0) is 32.9 Å². The van der Waals surface area contributed by atoms with E-state index in [0.717, 1.165) is 45.6 Å². The summed E-state index contributed by atoms with van der Waals surface area (Å²) in [6.45, 7) is 9.62. The number of likely N-dealkylation sites (tertiary alicyclic amines) is 1. The summed E-state index contributed by atoms with van der Waals surface area (Å²) < 4.78 is 0. The summed E-state index contributed by atoms with van der Waals surface area (Å²) in [5.41, 5.74) is -0.288. The molecule has 0 unspecified atom stereocenters. The molecule has 4 heteroatoms. The van der Waals surface area contributed by atoms with Crippen LogP contribution in [0, 0.1) is 17.2 Å². The molecule has 0 aromatic heterocycles. The van der Waals surface area contributed by atoms with Gasteiger partial charge >= 0.3 is 0 Å². The lowest BCUT2D eigenvalue weighted by Gasteiger charge is -2.38. The number of hydrogen-bond acceptors (Lipinski definition) is 4. The topological polar surface area (TPSA) is 42.3 Å². The third-order valence-electron chi connectivity index (χ3n) is 3.57. The Balaban J connectivity index is 2.38. The maximum Gasteiger partial charge on any atom is 0.109 e. The normalized spacial score (nSPS) is 20.3. The second-order valence-electron chi connectivity index (χ2n) is 6.12. The molecule has 4 nitrogen and oxygen atoms in total. The van der Waals surface area contributed by atoms with Gasteiger partial charge in [-0.1, -0.05) is 13.8 Å². The largest absolute Gasteiger partial charge is 0.308 e. The van der Waals surface area contributed by atoms with Crippen molar-refractivity contribution >= 4 is 0 Å². The van der Waals surface area contributed by atoms with Crippen LogP contribution in [0.4, 0.5) is 0 Å². The van der Waals surface area contributed by atoms with Crippen LogP contribution in [0.15, 0.2) is 0 Å². The summed E-state index contributed by atoms with van der Waals surface area (Å²) in [5, 5.41) is 12.9. The number of nitrogens with zero attached hydrogens (tertiary/aromatic N) is 3. The summed E-state index contributed by atoms with van der Waals surface area (Å²) in [5.74, 6) is 0.710. The number of hydrogen-bond donors (Lipinski definition) is 1. The summed E-state index contributed by atoms with van der Waals surface area (Å²) in [4.78, 5) is 4.62. The minimum atomic E-state index is -0.288. The fourth-order valence-corrected chi connectivity index (χ4v) is 2.48. The molecule has 1 heterocycles. The van der Waals surface area contributed by atoms with E-state index in [9.17, 15) is 5.26 Å². The van der Waals surface area contributed by atoms with Gasteiger partial charge in [0.1, 0.15) is 5.54 Å². The van der Waals surface area contributed by atoms with Gasteiger partial charge in [-0.2, -0.15) is 5.26 Å². The zero-order valence-corrected chi connectivity index (χ0v) is 12.4. The Morgan fingerprint density at radius 3 is 2.39 bits per heavy atom. The minimum Gasteiger partial charge on any atom is -0.308 e. The van der Waals surface area contributed by atoms with Crippen LogP contribution in [0.1, 0.15) is 26.7 Å². The average Bonchev–Trinajstić information content (AvgIpc) is 2.30. The van der Waals surface area contributed by atoms with E-state index in [-0.39, 0.29) is 5.54 Å². The highest BCUT2D eigenvalue weighted by molar-refractivity contribution is 5.09. The first-order valence-corrected chi connectivity index (χ1v) is 7.01. The molecule has 0 aromatic rings. The van der Waals surface area contributed by atoms with E-state index in [0.29, 0.717) is 5.92 Å². The molecule has 1 aliphatic rings. The van der Waals surface area contributed by atoms with Crippen molar-refractivity contribution in [2.24, 2.45) is 5.92 Å². The van der Waals surface area contributed by atoms with Gasteiger partial charge in [-0.3, -0.25) is 5.32 Å². The first kappa shape index (κ1) is 15.4. The summed E-state index contributed by atoms with van der Waals surface area (Å²) >= 11 is 0. The van der Waals surface area contributed by atoms with E-state index in [2.05, 4.69) is 49.1 Å². The number of nitrogens with one attached hydrogen (secondary N) is 1. The van der Waals surface area contributed by atoms with Crippen LogP contribution in [0.5, 0.6) is 0 Å². The lowest BCUT2D eigenvalue weighted by atomic mass is 9.88. The highest BCUT2D eigenvalue weighted by Crippen LogP contribution is 2.22. The third-order valence-corrected chi connectivity index (χ3v) is 3.57. The van der Waals surface area contributed by atoms with Crippen molar-refractivity contribution in [1.29, 1.82) is 5.26 Å². The van der Waals surface area contributed by atoms with Crippen molar-refractivity contribution < 1.29 is 0 Å². The lowest BCUT2D eigenvalue weighted by molar-refractivity contribution is 0.151. The molecule has 1 N–H and O–H groups in total. The van der Waals surface area contributed by atoms with E-state index in [1.807, 2.05) is 0 Å². The van der Waals surface area contributed by atoms with Crippen LogP contribution in [0.25, 0.3) is 0 Å². The lowest BCUT2D eigenvalue weighted by Crippen LogP contribution is -2.54. The second-order valence-corrected chi connectivity index (χ2v) is 6.12. The van der Waals surface area contributed by atoms with Gasteiger partial charge in [0, 0.05) is 32.7 Å². The van der Waals surface area contributed by atoms with Gasteiger partial charge in [-0.25, -0.2) is 0 Å². The molecule has 0 bridgehead atoms. The third kappa shape index (κ3) is 4.93. The molecule has 0 saturated carbocycles. The molecule has 0 aliphatic carbocycles. The maximum atomic E-state index is 9.43. The monoisotopic (exact) mass is 252 g/mol. The molecule has 1 aliphatic heterocycles. The van der Waals surface area contributed by atoms with Crippen molar-refractivity contribution in [3.63, 3.8) is 0 Å². The highest BCUT2D eigenvalue weighted by Gasteiger charge is 2.34. The first-order chi connectivity index (χ1) is 8.47. The van der Waals surface area contributed by atoms with Gasteiger partial charge in [0.15, 0.2) is 0 Å².